The van der Waals surface area contributed by atoms with E-state index < -0.39 is 5.97 Å². The molecule has 0 radical (unpaired) electrons. The minimum absolute atomic E-state index is 0.242. The number of benzene rings is 1. The summed E-state index contributed by atoms with van der Waals surface area (Å²) in [5.74, 6) is 0.541. The van der Waals surface area contributed by atoms with Crippen molar-refractivity contribution >= 4 is 40.7 Å². The van der Waals surface area contributed by atoms with E-state index in [1.54, 1.807) is 30.7 Å². The monoisotopic (exact) mass is 510 g/mol. The Kier molecular flexibility index (Phi) is 6.24. The molecule has 11 heteroatoms. The van der Waals surface area contributed by atoms with Crippen molar-refractivity contribution in [3.8, 4) is 5.69 Å². The third kappa shape index (κ3) is 3.96. The van der Waals surface area contributed by atoms with Gasteiger partial charge in [0.15, 0.2) is 11.0 Å². The Hall–Kier alpha value is -3.37. The highest BCUT2D eigenvalue weighted by atomic mass is 35.5. The fraction of sp³-hybridized carbons (Fsp3) is 0.292. The Balaban J connectivity index is 1.70. The summed E-state index contributed by atoms with van der Waals surface area (Å²) in [4.78, 5) is 37.6. The van der Waals surface area contributed by atoms with Crippen molar-refractivity contribution in [2.24, 2.45) is 0 Å². The Morgan fingerprint density at radius 2 is 2.00 bits per heavy atom. The molecule has 1 aromatic carbocycles. The minimum atomic E-state index is -0.473. The van der Waals surface area contributed by atoms with Crippen LogP contribution in [0.15, 0.2) is 52.5 Å². The number of fused-ring (bicyclic) bond motifs is 1. The molecule has 0 bridgehead atoms. The van der Waals surface area contributed by atoms with Crippen molar-refractivity contribution in [3.05, 3.63) is 75.1 Å². The van der Waals surface area contributed by atoms with Crippen molar-refractivity contribution in [2.45, 2.75) is 31.5 Å². The first kappa shape index (κ1) is 23.4. The van der Waals surface area contributed by atoms with E-state index in [1.165, 1.54) is 16.3 Å². The van der Waals surface area contributed by atoms with Crippen LogP contribution in [0.4, 0.5) is 5.82 Å². The summed E-state index contributed by atoms with van der Waals surface area (Å²) in [7, 11) is 0. The lowest BCUT2D eigenvalue weighted by Gasteiger charge is -2.42. The van der Waals surface area contributed by atoms with E-state index in [0.29, 0.717) is 50.8 Å². The van der Waals surface area contributed by atoms with E-state index in [9.17, 15) is 9.59 Å². The predicted octanol–water partition coefficient (Wildman–Crippen LogP) is 4.09. The van der Waals surface area contributed by atoms with Gasteiger partial charge < -0.3 is 9.64 Å². The van der Waals surface area contributed by atoms with Crippen molar-refractivity contribution in [3.63, 3.8) is 0 Å². The molecule has 1 saturated heterocycles. The molecule has 0 aliphatic carbocycles. The zero-order chi connectivity index (χ0) is 24.7. The summed E-state index contributed by atoms with van der Waals surface area (Å²) >= 11 is 7.72. The van der Waals surface area contributed by atoms with Crippen LogP contribution in [0.1, 0.15) is 41.3 Å². The van der Waals surface area contributed by atoms with E-state index in [0.717, 1.165) is 6.42 Å². The quantitative estimate of drug-likeness (QED) is 0.217. The van der Waals surface area contributed by atoms with Gasteiger partial charge in [-0.15, -0.1) is 0 Å². The summed E-state index contributed by atoms with van der Waals surface area (Å²) in [5, 5.41) is 5.69. The van der Waals surface area contributed by atoms with Crippen molar-refractivity contribution in [1.82, 2.24) is 24.1 Å². The molecule has 0 saturated carbocycles. The molecule has 0 spiro atoms. The van der Waals surface area contributed by atoms with Gasteiger partial charge >= 0.3 is 5.97 Å². The molecule has 1 atom stereocenters. The second-order valence-corrected chi connectivity index (χ2v) is 9.18. The molecule has 180 valence electrons. The zero-order valence-electron chi connectivity index (χ0n) is 19.4. The van der Waals surface area contributed by atoms with Gasteiger partial charge in [0.2, 0.25) is 0 Å². The third-order valence-electron chi connectivity index (χ3n) is 5.98. The van der Waals surface area contributed by atoms with Crippen LogP contribution in [0.2, 0.25) is 5.02 Å². The number of aromatic nitrogens is 5. The number of esters is 1. The Labute approximate surface area is 210 Å². The number of carbonyl (C=O) groups excluding carboxylic acids is 1. The van der Waals surface area contributed by atoms with E-state index in [-0.39, 0.29) is 18.2 Å². The van der Waals surface area contributed by atoms with E-state index >= 15 is 0 Å². The molecular formula is C24H23ClN6O3S. The molecule has 1 fully saturated rings. The molecule has 5 rings (SSSR count). The van der Waals surface area contributed by atoms with E-state index in [2.05, 4.69) is 9.97 Å². The highest BCUT2D eigenvalue weighted by Crippen LogP contribution is 2.39. The first-order valence-corrected chi connectivity index (χ1v) is 12.8. The Morgan fingerprint density at radius 3 is 2.66 bits per heavy atom. The summed E-state index contributed by atoms with van der Waals surface area (Å²) in [6.45, 7) is 4.41. The normalized spacial score (nSPS) is 15.3. The topological polar surface area (TPSA) is 94.6 Å². The van der Waals surface area contributed by atoms with Crippen LogP contribution in [0, 0.1) is 6.92 Å². The average Bonchev–Trinajstić information content (AvgIpc) is 3.19. The third-order valence-corrected chi connectivity index (χ3v) is 6.83. The molecule has 1 aliphatic heterocycles. The van der Waals surface area contributed by atoms with Crippen molar-refractivity contribution < 1.29 is 9.53 Å². The highest BCUT2D eigenvalue weighted by Gasteiger charge is 2.38. The largest absolute Gasteiger partial charge is 0.462 e. The van der Waals surface area contributed by atoms with Gasteiger partial charge in [-0.2, -0.15) is 5.10 Å². The number of hydrogen-bond donors (Lipinski definition) is 0. The molecular weight excluding hydrogens is 488 g/mol. The predicted molar refractivity (Wildman–Crippen MR) is 135 cm³/mol. The lowest BCUT2D eigenvalue weighted by Crippen LogP contribution is -2.46. The summed E-state index contributed by atoms with van der Waals surface area (Å²) in [6, 6.07) is 10.7. The number of halogens is 1. The lowest BCUT2D eigenvalue weighted by molar-refractivity contribution is 0.0524. The maximum Gasteiger partial charge on any atom is 0.343 e. The molecule has 3 aromatic heterocycles. The van der Waals surface area contributed by atoms with E-state index in [4.69, 9.17) is 21.4 Å². The second kappa shape index (κ2) is 9.35. The van der Waals surface area contributed by atoms with Gasteiger partial charge in [-0.05, 0) is 44.7 Å². The zero-order valence-corrected chi connectivity index (χ0v) is 21.0. The number of hydrogen-bond acceptors (Lipinski definition) is 8. The van der Waals surface area contributed by atoms with Gasteiger partial charge in [-0.25, -0.2) is 19.3 Å². The van der Waals surface area contributed by atoms with Crippen LogP contribution in [-0.2, 0) is 4.74 Å². The number of para-hydroxylation sites is 1. The molecule has 1 aliphatic rings. The van der Waals surface area contributed by atoms with Gasteiger partial charge in [0.1, 0.15) is 16.9 Å². The van der Waals surface area contributed by atoms with Crippen LogP contribution < -0.4 is 10.5 Å². The van der Waals surface area contributed by atoms with Crippen molar-refractivity contribution in [2.75, 3.05) is 24.3 Å². The number of anilines is 1. The number of nitrogens with zero attached hydrogens (tertiary/aromatic N) is 6. The first-order chi connectivity index (χ1) is 16.9. The number of ether oxygens (including phenoxy) is 1. The van der Waals surface area contributed by atoms with Crippen LogP contribution in [-0.4, -0.2) is 49.5 Å². The molecule has 4 aromatic rings. The maximum absolute atomic E-state index is 13.6. The minimum Gasteiger partial charge on any atom is -0.462 e. The Bertz CT molecular complexity index is 1490. The van der Waals surface area contributed by atoms with Gasteiger partial charge in [0.05, 0.1) is 29.1 Å². The van der Waals surface area contributed by atoms with Gasteiger partial charge in [-0.3, -0.25) is 9.36 Å². The van der Waals surface area contributed by atoms with E-state index in [1.807, 2.05) is 41.5 Å². The van der Waals surface area contributed by atoms with Gasteiger partial charge in [0.25, 0.3) is 5.56 Å². The number of thioether (sulfide) groups is 1. The first-order valence-electron chi connectivity index (χ1n) is 11.2. The fourth-order valence-electron chi connectivity index (χ4n) is 4.27. The number of carbonyl (C=O) groups is 1. The smallest absolute Gasteiger partial charge is 0.343 e. The summed E-state index contributed by atoms with van der Waals surface area (Å²) in [6.07, 6.45) is 4.28. The Morgan fingerprint density at radius 1 is 1.23 bits per heavy atom. The summed E-state index contributed by atoms with van der Waals surface area (Å²) in [5.41, 5.74) is 1.59. The van der Waals surface area contributed by atoms with Crippen LogP contribution in [0.3, 0.4) is 0 Å². The SMILES string of the molecule is CCOC(=O)c1c(C)nc(SC)nc1N1CC[C@H]1c1nn2ccc(Cl)c2c(=O)n1-c1ccccc1. The second-order valence-electron chi connectivity index (χ2n) is 8.00. The molecule has 9 nitrogen and oxygen atoms in total. The molecule has 0 amide bonds. The maximum atomic E-state index is 13.6. The average molecular weight is 511 g/mol. The standard InChI is InChI=1S/C24H23ClN6O3S/c1-4-34-23(33)18-14(2)26-24(35-3)27-21(18)29-12-11-17(29)20-28-30-13-10-16(25)19(30)22(32)31(20)15-8-6-5-7-9-15/h5-10,13,17H,4,11-12H2,1-3H3/t17-/m0/s1. The van der Waals surface area contributed by atoms with Gasteiger partial charge in [-0.1, -0.05) is 41.6 Å². The van der Waals surface area contributed by atoms with Crippen LogP contribution in [0.25, 0.3) is 11.2 Å². The fourth-order valence-corrected chi connectivity index (χ4v) is 4.90. The van der Waals surface area contributed by atoms with Gasteiger partial charge in [0, 0.05) is 12.7 Å². The molecule has 4 heterocycles. The molecule has 35 heavy (non-hydrogen) atoms. The molecule has 0 unspecified atom stereocenters. The number of aryl methyl sites for hydroxylation is 1. The number of rotatable bonds is 6. The molecule has 0 N–H and O–H groups in total. The summed E-state index contributed by atoms with van der Waals surface area (Å²) < 4.78 is 8.42. The van der Waals surface area contributed by atoms with Crippen LogP contribution >= 0.6 is 23.4 Å². The van der Waals surface area contributed by atoms with Crippen molar-refractivity contribution in [1.29, 1.82) is 0 Å². The highest BCUT2D eigenvalue weighted by molar-refractivity contribution is 7.98. The van der Waals surface area contributed by atoms with Crippen LogP contribution in [0.5, 0.6) is 0 Å². The lowest BCUT2D eigenvalue weighted by atomic mass is 10.00.